The van der Waals surface area contributed by atoms with Crippen LogP contribution in [-0.4, -0.2) is 68.4 Å². The number of aliphatic hydroxyl groups excluding tert-OH is 1. The third-order valence-electron chi connectivity index (χ3n) is 6.15. The molecule has 2 aromatic heterocycles. The third kappa shape index (κ3) is 3.66. The van der Waals surface area contributed by atoms with Gasteiger partial charge < -0.3 is 14.9 Å². The molecule has 1 amide bonds. The highest BCUT2D eigenvalue weighted by molar-refractivity contribution is 5.76. The van der Waals surface area contributed by atoms with E-state index in [-0.39, 0.29) is 23.8 Å². The Morgan fingerprint density at radius 1 is 1.30 bits per heavy atom. The highest BCUT2D eigenvalue weighted by atomic mass is 16.3. The zero-order valence-electron chi connectivity index (χ0n) is 15.4. The van der Waals surface area contributed by atoms with Crippen molar-refractivity contribution in [2.24, 2.45) is 11.3 Å². The second-order valence-electron chi connectivity index (χ2n) is 7.59. The first-order valence-electron chi connectivity index (χ1n) is 9.57. The van der Waals surface area contributed by atoms with Crippen LogP contribution in [-0.2, 0) is 11.3 Å². The molecule has 2 saturated heterocycles. The number of aromatic nitrogens is 4. The van der Waals surface area contributed by atoms with Crippen molar-refractivity contribution < 1.29 is 9.90 Å². The van der Waals surface area contributed by atoms with Gasteiger partial charge in [0.05, 0.1) is 0 Å². The molecule has 27 heavy (non-hydrogen) atoms. The van der Waals surface area contributed by atoms with Crippen molar-refractivity contribution in [2.45, 2.75) is 25.8 Å². The smallest absolute Gasteiger partial charge is 0.224 e. The Hall–Kier alpha value is -2.48. The van der Waals surface area contributed by atoms with Gasteiger partial charge in [-0.25, -0.2) is 9.97 Å². The number of amides is 1. The second-order valence-corrected chi connectivity index (χ2v) is 7.59. The molecule has 4 rings (SSSR count). The number of carbonyl (C=O) groups excluding carboxylic acids is 1. The average Bonchev–Trinajstić information content (AvgIpc) is 3.35. The van der Waals surface area contributed by atoms with Crippen molar-refractivity contribution >= 4 is 11.7 Å². The SMILES string of the molecule is O=C(CCn1cccn1)N1CCC2(CC1)CN(c1ccncn1)CC2CO. The molecule has 1 spiro atoms. The van der Waals surface area contributed by atoms with Crippen molar-refractivity contribution in [3.8, 4) is 0 Å². The number of aliphatic hydroxyl groups is 1. The van der Waals surface area contributed by atoms with Crippen molar-refractivity contribution in [3.63, 3.8) is 0 Å². The predicted molar refractivity (Wildman–Crippen MR) is 99.9 cm³/mol. The lowest BCUT2D eigenvalue weighted by Crippen LogP contribution is -2.47. The maximum Gasteiger partial charge on any atom is 0.224 e. The van der Waals surface area contributed by atoms with E-state index in [1.54, 1.807) is 23.4 Å². The van der Waals surface area contributed by atoms with Gasteiger partial charge in [-0.15, -0.1) is 0 Å². The monoisotopic (exact) mass is 370 g/mol. The average molecular weight is 370 g/mol. The first kappa shape index (κ1) is 17.9. The van der Waals surface area contributed by atoms with Crippen molar-refractivity contribution in [1.29, 1.82) is 0 Å². The van der Waals surface area contributed by atoms with Crippen LogP contribution in [0, 0.1) is 11.3 Å². The Morgan fingerprint density at radius 3 is 2.81 bits per heavy atom. The van der Waals surface area contributed by atoms with Gasteiger partial charge in [-0.2, -0.15) is 5.10 Å². The Bertz CT molecular complexity index is 743. The Kier molecular flexibility index (Phi) is 5.07. The van der Waals surface area contributed by atoms with Crippen LogP contribution in [0.3, 0.4) is 0 Å². The first-order valence-corrected chi connectivity index (χ1v) is 9.57. The molecule has 4 heterocycles. The maximum atomic E-state index is 12.5. The van der Waals surface area contributed by atoms with Crippen molar-refractivity contribution in [1.82, 2.24) is 24.6 Å². The number of aryl methyl sites for hydroxylation is 1. The van der Waals surface area contributed by atoms with Gasteiger partial charge in [0, 0.05) is 70.3 Å². The Balaban J connectivity index is 1.36. The lowest BCUT2D eigenvalue weighted by molar-refractivity contribution is -0.134. The molecular formula is C19H26N6O2. The molecule has 2 aliphatic heterocycles. The van der Waals surface area contributed by atoms with Crippen molar-refractivity contribution in [2.75, 3.05) is 37.7 Å². The van der Waals surface area contributed by atoms with Gasteiger partial charge in [0.2, 0.25) is 5.91 Å². The highest BCUT2D eigenvalue weighted by Crippen LogP contribution is 2.45. The lowest BCUT2D eigenvalue weighted by Gasteiger charge is -2.42. The number of anilines is 1. The number of hydrogen-bond acceptors (Lipinski definition) is 6. The Labute approximate surface area is 158 Å². The van der Waals surface area contributed by atoms with E-state index in [4.69, 9.17) is 0 Å². The summed E-state index contributed by atoms with van der Waals surface area (Å²) in [6, 6.07) is 3.79. The molecule has 1 unspecified atom stereocenters. The van der Waals surface area contributed by atoms with Gasteiger partial charge >= 0.3 is 0 Å². The molecule has 2 fully saturated rings. The normalized spacial score (nSPS) is 21.7. The fourth-order valence-corrected chi connectivity index (χ4v) is 4.50. The van der Waals surface area contributed by atoms with E-state index >= 15 is 0 Å². The Morgan fingerprint density at radius 2 is 2.15 bits per heavy atom. The molecule has 0 bridgehead atoms. The summed E-state index contributed by atoms with van der Waals surface area (Å²) in [5, 5.41) is 14.1. The van der Waals surface area contributed by atoms with Crippen LogP contribution in [0.1, 0.15) is 19.3 Å². The summed E-state index contributed by atoms with van der Waals surface area (Å²) < 4.78 is 1.79. The topological polar surface area (TPSA) is 87.4 Å². The van der Waals surface area contributed by atoms with Crippen LogP contribution < -0.4 is 4.90 Å². The summed E-state index contributed by atoms with van der Waals surface area (Å²) in [6.45, 7) is 3.99. The van der Waals surface area contributed by atoms with E-state index in [1.807, 2.05) is 23.2 Å². The second kappa shape index (κ2) is 7.64. The van der Waals surface area contributed by atoms with Crippen LogP contribution in [0.5, 0.6) is 0 Å². The standard InChI is InChI=1S/C19H26N6O2/c26-13-16-12-24(17-2-7-20-15-21-17)14-19(16)4-10-23(11-5-19)18(27)3-9-25-8-1-6-22-25/h1-2,6-8,15-16,26H,3-5,9-14H2. The van der Waals surface area contributed by atoms with Gasteiger partial charge in [-0.1, -0.05) is 0 Å². The molecule has 1 atom stereocenters. The maximum absolute atomic E-state index is 12.5. The minimum absolute atomic E-state index is 0.0540. The van der Waals surface area contributed by atoms with E-state index in [1.165, 1.54) is 0 Å². The van der Waals surface area contributed by atoms with Crippen LogP contribution in [0.25, 0.3) is 0 Å². The summed E-state index contributed by atoms with van der Waals surface area (Å²) in [7, 11) is 0. The first-order chi connectivity index (χ1) is 13.2. The van der Waals surface area contributed by atoms with E-state index < -0.39 is 0 Å². The molecule has 2 aromatic rings. The van der Waals surface area contributed by atoms with E-state index in [0.717, 1.165) is 44.8 Å². The zero-order chi connectivity index (χ0) is 18.7. The van der Waals surface area contributed by atoms with Gasteiger partial charge in [0.1, 0.15) is 12.1 Å². The molecule has 1 N–H and O–H groups in total. The predicted octanol–water partition coefficient (Wildman–Crippen LogP) is 0.801. The highest BCUT2D eigenvalue weighted by Gasteiger charge is 2.48. The quantitative estimate of drug-likeness (QED) is 0.838. The van der Waals surface area contributed by atoms with E-state index in [0.29, 0.717) is 13.0 Å². The summed E-state index contributed by atoms with van der Waals surface area (Å²) >= 11 is 0. The number of piperidine rings is 1. The van der Waals surface area contributed by atoms with Crippen LogP contribution in [0.4, 0.5) is 5.82 Å². The fraction of sp³-hybridized carbons (Fsp3) is 0.579. The molecule has 144 valence electrons. The van der Waals surface area contributed by atoms with Gasteiger partial charge in [-0.05, 0) is 30.4 Å². The van der Waals surface area contributed by atoms with E-state index in [9.17, 15) is 9.90 Å². The van der Waals surface area contributed by atoms with E-state index in [2.05, 4.69) is 20.0 Å². The summed E-state index contributed by atoms with van der Waals surface area (Å²) in [5.74, 6) is 1.32. The van der Waals surface area contributed by atoms with Crippen LogP contribution in [0.2, 0.25) is 0 Å². The largest absolute Gasteiger partial charge is 0.396 e. The molecular weight excluding hydrogens is 344 g/mol. The van der Waals surface area contributed by atoms with Crippen LogP contribution in [0.15, 0.2) is 37.1 Å². The number of carbonyl (C=O) groups is 1. The molecule has 0 aromatic carbocycles. The summed E-state index contributed by atoms with van der Waals surface area (Å²) in [6.07, 6.45) is 9.25. The molecule has 2 aliphatic rings. The number of hydrogen-bond donors (Lipinski definition) is 1. The lowest BCUT2D eigenvalue weighted by atomic mass is 9.71. The number of nitrogens with zero attached hydrogens (tertiary/aromatic N) is 6. The molecule has 0 radical (unpaired) electrons. The zero-order valence-corrected chi connectivity index (χ0v) is 15.4. The molecule has 8 nitrogen and oxygen atoms in total. The molecule has 8 heteroatoms. The number of rotatable bonds is 5. The molecule has 0 saturated carbocycles. The van der Waals surface area contributed by atoms with Crippen LogP contribution >= 0.6 is 0 Å². The van der Waals surface area contributed by atoms with Crippen molar-refractivity contribution in [3.05, 3.63) is 37.1 Å². The minimum Gasteiger partial charge on any atom is -0.396 e. The van der Waals surface area contributed by atoms with Gasteiger partial charge in [-0.3, -0.25) is 9.48 Å². The molecule has 0 aliphatic carbocycles. The fourth-order valence-electron chi connectivity index (χ4n) is 4.50. The third-order valence-corrected chi connectivity index (χ3v) is 6.15. The summed E-state index contributed by atoms with van der Waals surface area (Å²) in [4.78, 5) is 25.1. The summed E-state index contributed by atoms with van der Waals surface area (Å²) in [5.41, 5.74) is 0.0540. The van der Waals surface area contributed by atoms with Gasteiger partial charge in [0.25, 0.3) is 0 Å². The van der Waals surface area contributed by atoms with Gasteiger partial charge in [0.15, 0.2) is 0 Å². The number of likely N-dealkylation sites (tertiary alicyclic amines) is 1. The minimum atomic E-state index is 0.0540.